The summed E-state index contributed by atoms with van der Waals surface area (Å²) in [7, 11) is 1.82. The molecule has 1 spiro atoms. The maximum absolute atomic E-state index is 13.9. The summed E-state index contributed by atoms with van der Waals surface area (Å²) < 4.78 is 5.62. The predicted octanol–water partition coefficient (Wildman–Crippen LogP) is -0.146. The van der Waals surface area contributed by atoms with Crippen molar-refractivity contribution in [2.24, 2.45) is 21.6 Å². The van der Waals surface area contributed by atoms with Crippen LogP contribution in [0.1, 0.15) is 57.2 Å². The average Bonchev–Trinajstić information content (AvgIpc) is 3.61. The molecule has 14 heteroatoms. The van der Waals surface area contributed by atoms with Crippen LogP contribution in [0, 0.1) is 16.2 Å². The van der Waals surface area contributed by atoms with E-state index < -0.39 is 5.41 Å². The third-order valence-corrected chi connectivity index (χ3v) is 11.3. The Morgan fingerprint density at radius 2 is 1.84 bits per heavy atom. The van der Waals surface area contributed by atoms with Crippen molar-refractivity contribution < 1.29 is 19.3 Å². The number of amides is 2. The van der Waals surface area contributed by atoms with Crippen molar-refractivity contribution in [3.05, 3.63) is 41.7 Å². The Labute approximate surface area is 287 Å². The van der Waals surface area contributed by atoms with Gasteiger partial charge in [-0.05, 0) is 75.7 Å². The molecule has 6 aliphatic rings. The molecule has 0 radical (unpaired) electrons. The second-order valence-electron chi connectivity index (χ2n) is 14.8. The fourth-order valence-corrected chi connectivity index (χ4v) is 8.63. The molecule has 3 aliphatic heterocycles. The fourth-order valence-electron chi connectivity index (χ4n) is 8.63. The van der Waals surface area contributed by atoms with Crippen LogP contribution in [0.3, 0.4) is 0 Å². The van der Waals surface area contributed by atoms with Gasteiger partial charge in [-0.15, -0.1) is 0 Å². The SMILES string of the molecule is C[NH+]=CN=C(N)C12CC(N3CCN(C(=O)CN4CC[C@]5(CCN(c6ccc(N)c(C(=N)c7ccc(OC(C)C)nc7)n6)C5=O)C4)CC3)(C1)C2. The number of aliphatic imine (C=N–C) groups is 1. The molecule has 0 aromatic carbocycles. The number of rotatable bonds is 10. The first-order chi connectivity index (χ1) is 23.5. The Bertz CT molecular complexity index is 1680. The fraction of sp³-hybridized carbons (Fsp3) is 0.571. The first-order valence-corrected chi connectivity index (χ1v) is 17.3. The number of carbonyl (C=O) groups is 2. The molecule has 8 rings (SSSR count). The minimum Gasteiger partial charge on any atom is -0.475 e. The summed E-state index contributed by atoms with van der Waals surface area (Å²) in [5, 5.41) is 8.79. The van der Waals surface area contributed by atoms with Crippen LogP contribution in [0.2, 0.25) is 0 Å². The molecular weight excluding hydrogens is 622 g/mol. The van der Waals surface area contributed by atoms with Crippen LogP contribution in [0.25, 0.3) is 0 Å². The van der Waals surface area contributed by atoms with E-state index in [2.05, 4.69) is 24.8 Å². The summed E-state index contributed by atoms with van der Waals surface area (Å²) in [4.78, 5) is 52.0. The molecule has 49 heavy (non-hydrogen) atoms. The van der Waals surface area contributed by atoms with Crippen LogP contribution >= 0.6 is 0 Å². The van der Waals surface area contributed by atoms with Crippen LogP contribution in [-0.2, 0) is 9.59 Å². The van der Waals surface area contributed by atoms with Gasteiger partial charge in [0.1, 0.15) is 11.5 Å². The molecule has 2 aromatic heterocycles. The zero-order valence-corrected chi connectivity index (χ0v) is 28.7. The molecule has 6 N–H and O–H groups in total. The van der Waals surface area contributed by atoms with Crippen molar-refractivity contribution in [1.82, 2.24) is 24.7 Å². The van der Waals surface area contributed by atoms with E-state index in [1.54, 1.807) is 41.7 Å². The normalized spacial score (nSPS) is 28.8. The molecule has 3 saturated heterocycles. The Morgan fingerprint density at radius 1 is 1.10 bits per heavy atom. The third kappa shape index (κ3) is 5.84. The highest BCUT2D eigenvalue weighted by Gasteiger charge is 2.73. The molecule has 6 fully saturated rings. The average molecular weight is 671 g/mol. The van der Waals surface area contributed by atoms with Crippen molar-refractivity contribution in [2.75, 3.05) is 70.0 Å². The maximum atomic E-state index is 13.9. The van der Waals surface area contributed by atoms with E-state index in [9.17, 15) is 9.59 Å². The van der Waals surface area contributed by atoms with Crippen LogP contribution < -0.4 is 26.1 Å². The lowest BCUT2D eigenvalue weighted by Crippen LogP contribution is -2.79. The number of carbonyl (C=O) groups excluding carboxylic acids is 2. The van der Waals surface area contributed by atoms with Crippen molar-refractivity contribution in [3.63, 3.8) is 0 Å². The van der Waals surface area contributed by atoms with E-state index in [0.717, 1.165) is 51.3 Å². The third-order valence-electron chi connectivity index (χ3n) is 11.3. The van der Waals surface area contributed by atoms with Gasteiger partial charge in [0.15, 0.2) is 0 Å². The molecule has 3 aliphatic carbocycles. The zero-order valence-electron chi connectivity index (χ0n) is 28.7. The summed E-state index contributed by atoms with van der Waals surface area (Å²) in [6.45, 7) is 9.18. The molecule has 2 bridgehead atoms. The van der Waals surface area contributed by atoms with Gasteiger partial charge in [0.05, 0.1) is 41.9 Å². The van der Waals surface area contributed by atoms with E-state index in [1.807, 2.05) is 25.8 Å². The van der Waals surface area contributed by atoms with E-state index in [0.29, 0.717) is 67.7 Å². The van der Waals surface area contributed by atoms with E-state index in [1.165, 1.54) is 0 Å². The zero-order chi connectivity index (χ0) is 34.6. The van der Waals surface area contributed by atoms with Gasteiger partial charge in [-0.1, -0.05) is 0 Å². The lowest BCUT2D eigenvalue weighted by Gasteiger charge is -2.73. The number of anilines is 2. The summed E-state index contributed by atoms with van der Waals surface area (Å²) >= 11 is 0. The first-order valence-electron chi connectivity index (χ1n) is 17.3. The number of nitrogens with zero attached hydrogens (tertiary/aromatic N) is 7. The Balaban J connectivity index is 0.921. The van der Waals surface area contributed by atoms with E-state index in [4.69, 9.17) is 26.6 Å². The number of hydrogen-bond acceptors (Lipinski definition) is 9. The molecule has 1 atom stereocenters. The van der Waals surface area contributed by atoms with Gasteiger partial charge in [-0.25, -0.2) is 9.97 Å². The molecule has 14 nitrogen and oxygen atoms in total. The van der Waals surface area contributed by atoms with Gasteiger partial charge in [-0.2, -0.15) is 0 Å². The minimum atomic E-state index is -0.540. The number of hydrogen-bond donors (Lipinski definition) is 4. The lowest BCUT2D eigenvalue weighted by molar-refractivity contribution is -0.414. The van der Waals surface area contributed by atoms with Crippen LogP contribution in [0.4, 0.5) is 11.5 Å². The summed E-state index contributed by atoms with van der Waals surface area (Å²) in [6, 6.07) is 6.93. The van der Waals surface area contributed by atoms with Gasteiger partial charge in [0.2, 0.25) is 23.5 Å². The Hall–Kier alpha value is -4.43. The van der Waals surface area contributed by atoms with Crippen molar-refractivity contribution in [2.45, 2.75) is 57.6 Å². The molecule has 2 aromatic rings. The maximum Gasteiger partial charge on any atom is 0.281 e. The van der Waals surface area contributed by atoms with Crippen LogP contribution in [-0.4, -0.2) is 125 Å². The number of pyridine rings is 2. The van der Waals surface area contributed by atoms with E-state index >= 15 is 0 Å². The topological polar surface area (TPSA) is 184 Å². The predicted molar refractivity (Wildman–Crippen MR) is 187 cm³/mol. The summed E-state index contributed by atoms with van der Waals surface area (Å²) in [5.74, 6) is 1.85. The number of aromatic nitrogens is 2. The largest absolute Gasteiger partial charge is 0.475 e. The number of nitrogens with two attached hydrogens (primary N) is 2. The highest BCUT2D eigenvalue weighted by atomic mass is 16.5. The molecule has 0 unspecified atom stereocenters. The molecule has 3 saturated carbocycles. The summed E-state index contributed by atoms with van der Waals surface area (Å²) in [6.07, 6.45) is 7.78. The number of piperazine rings is 1. The van der Waals surface area contributed by atoms with Gasteiger partial charge in [-0.3, -0.25) is 34.7 Å². The lowest BCUT2D eigenvalue weighted by atomic mass is 9.38. The smallest absolute Gasteiger partial charge is 0.281 e. The minimum absolute atomic E-state index is 0.00710. The highest BCUT2D eigenvalue weighted by molar-refractivity contribution is 6.13. The number of nitrogen functional groups attached to an aromatic ring is 1. The number of amidine groups is 1. The molecule has 260 valence electrons. The Morgan fingerprint density at radius 3 is 2.51 bits per heavy atom. The number of likely N-dealkylation sites (tertiary alicyclic amines) is 1. The molecule has 5 heterocycles. The molecule has 2 amide bonds. The molecular formula is C35H48N11O3+. The first kappa shape index (κ1) is 33.1. The number of ether oxygens (including phenoxy) is 1. The quantitative estimate of drug-likeness (QED) is 0.197. The van der Waals surface area contributed by atoms with Crippen molar-refractivity contribution >= 4 is 41.2 Å². The highest BCUT2D eigenvalue weighted by Crippen LogP contribution is 2.70. The van der Waals surface area contributed by atoms with Crippen molar-refractivity contribution in [3.8, 4) is 5.88 Å². The van der Waals surface area contributed by atoms with Gasteiger partial charge in [0, 0.05) is 62.6 Å². The van der Waals surface area contributed by atoms with Gasteiger partial charge >= 0.3 is 0 Å². The second kappa shape index (κ2) is 12.5. The van der Waals surface area contributed by atoms with E-state index in [-0.39, 0.29) is 34.6 Å². The van der Waals surface area contributed by atoms with Crippen LogP contribution in [0.5, 0.6) is 5.88 Å². The van der Waals surface area contributed by atoms with Crippen LogP contribution in [0.15, 0.2) is 35.5 Å². The van der Waals surface area contributed by atoms with Crippen molar-refractivity contribution in [1.29, 1.82) is 5.41 Å². The van der Waals surface area contributed by atoms with Gasteiger partial charge in [0.25, 0.3) is 6.34 Å². The monoisotopic (exact) mass is 670 g/mol. The number of nitrogens with one attached hydrogen (secondary N) is 2. The van der Waals surface area contributed by atoms with Gasteiger partial charge < -0.3 is 21.1 Å². The Kier molecular flexibility index (Phi) is 8.42. The second-order valence-corrected chi connectivity index (χ2v) is 14.8. The summed E-state index contributed by atoms with van der Waals surface area (Å²) in [5.41, 5.74) is 13.6. The standard InChI is InChI=1S/C35H47N11O3/c1-23(2)49-27-7-4-24(16-40-27)29(37)30-25(36)5-6-26(42-30)46-11-9-33(32(46)48)8-10-43(21-33)17-28(47)44-12-14-45(15-13-44)35-18-34(19-35,20-35)31(38)41-22-39-3/h4-7,16,22-23,37H,8-15,17-21,36H2,1-3H3,(H2,38,39,41)/p+1/t33-,34?,35?/m0/s1.